The standard InChI is InChI=1S/C17H19BrS2.C17H18F2N2.C17H20N2.C13H9BrF2.C13H9BrO.C13H11Br.C5H11N.C2H6S/c1-3-19-17(20-4-2,14-8-6-5-7-9-14)15-10-12-16(18)13-11-15;18-17(19,14-4-2-1-3-5-14)15-6-8-16(9-7-15)21-12-10-20-11-13-21;1-2-4-15(5-3-1)14-16-6-8-17(9-7-16)19-12-10-18-11-13-19;14-12-8-6-11(7-9-12)13(15,16)10-4-2-1-3-5-10;14-12-8-6-11(7-9-12)13(15)10-4-2-1-3-5-10;14-13-8-6-12(7-9-13)10-11-4-2-1-3-5-11;1-2-4-6-5-3-1;1-2-3/h5-13H,3-4H2,1-2H3;1-9,20H,10-13H2;1-9,18H,10-14H2;1-9H;1-9H;1-9H,10H2;6H,1-5H2;3H,2H2,1H3. The lowest BCUT2D eigenvalue weighted by Gasteiger charge is -2.33. The van der Waals surface area contributed by atoms with E-state index in [1.165, 1.54) is 120 Å². The van der Waals surface area contributed by atoms with Crippen molar-refractivity contribution in [1.82, 2.24) is 16.0 Å². The lowest BCUT2D eigenvalue weighted by Crippen LogP contribution is -2.43. The topological polar surface area (TPSA) is 59.6 Å². The van der Waals surface area contributed by atoms with E-state index < -0.39 is 11.8 Å². The number of piperidine rings is 1. The van der Waals surface area contributed by atoms with Gasteiger partial charge in [0, 0.05) is 115 Å². The molecule has 3 fully saturated rings. The van der Waals surface area contributed by atoms with Gasteiger partial charge in [0.2, 0.25) is 0 Å². The van der Waals surface area contributed by atoms with Gasteiger partial charge in [-0.15, -0.1) is 23.5 Å². The molecule has 3 saturated heterocycles. The molecular formula is C97H103Br4F4N5OS3. The molecule has 3 N–H and O–H groups in total. The molecule has 12 aromatic rings. The zero-order valence-electron chi connectivity index (χ0n) is 65.0. The summed E-state index contributed by atoms with van der Waals surface area (Å²) in [7, 11) is 0. The number of rotatable bonds is 18. The molecule has 15 rings (SSSR count). The molecule has 0 aromatic heterocycles. The number of nitrogens with one attached hydrogen (secondary N) is 3. The molecule has 3 heterocycles. The average Bonchev–Trinajstić information content (AvgIpc) is 0.791. The Kier molecular flexibility index (Phi) is 41.0. The number of nitrogens with zero attached hydrogens (tertiary/aromatic N) is 2. The number of hydrogen-bond donors (Lipinski definition) is 4. The largest absolute Gasteiger partial charge is 0.369 e. The first-order valence-corrected chi connectivity index (χ1v) is 44.6. The average molecular weight is 1850 g/mol. The van der Waals surface area contributed by atoms with Crippen molar-refractivity contribution in [2.45, 2.75) is 68.8 Å². The smallest absolute Gasteiger partial charge is 0.298 e. The molecule has 17 heteroatoms. The van der Waals surface area contributed by atoms with E-state index in [0.29, 0.717) is 5.56 Å². The Balaban J connectivity index is 0.000000168. The van der Waals surface area contributed by atoms with Gasteiger partial charge in [0.05, 0.1) is 0 Å². The number of thiol groups is 1. The van der Waals surface area contributed by atoms with Crippen LogP contribution in [-0.4, -0.2) is 88.5 Å². The van der Waals surface area contributed by atoms with E-state index in [2.05, 4.69) is 274 Å². The number of halogens is 8. The van der Waals surface area contributed by atoms with Gasteiger partial charge >= 0.3 is 0 Å². The Bertz CT molecular complexity index is 4550. The highest BCUT2D eigenvalue weighted by atomic mass is 79.9. The number of carbonyl (C=O) groups is 1. The van der Waals surface area contributed by atoms with Crippen molar-refractivity contribution < 1.29 is 22.4 Å². The summed E-state index contributed by atoms with van der Waals surface area (Å²) < 4.78 is 60.9. The summed E-state index contributed by atoms with van der Waals surface area (Å²) in [6.45, 7) is 17.0. The zero-order chi connectivity index (χ0) is 81.1. The molecule has 3 aliphatic rings. The first-order chi connectivity index (χ1) is 55.5. The van der Waals surface area contributed by atoms with Crippen LogP contribution in [0.5, 0.6) is 0 Å². The second-order valence-electron chi connectivity index (χ2n) is 26.7. The molecule has 0 amide bonds. The third kappa shape index (κ3) is 30.8. The summed E-state index contributed by atoms with van der Waals surface area (Å²) in [5.41, 5.74) is 12.1. The molecule has 3 aliphatic heterocycles. The number of benzene rings is 12. The predicted molar refractivity (Wildman–Crippen MR) is 497 cm³/mol. The number of hydrogen-bond acceptors (Lipinski definition) is 9. The summed E-state index contributed by atoms with van der Waals surface area (Å²) >= 11 is 21.3. The number of carbonyl (C=O) groups excluding carboxylic acids is 1. The molecule has 0 atom stereocenters. The summed E-state index contributed by atoms with van der Waals surface area (Å²) in [6.07, 6.45) is 6.24. The van der Waals surface area contributed by atoms with Gasteiger partial charge in [-0.1, -0.05) is 334 Å². The lowest BCUT2D eigenvalue weighted by atomic mass is 10.00. The number of alkyl halides is 4. The molecule has 0 unspecified atom stereocenters. The van der Waals surface area contributed by atoms with Crippen LogP contribution in [-0.2, 0) is 28.8 Å². The van der Waals surface area contributed by atoms with E-state index in [0.717, 1.165) is 112 Å². The van der Waals surface area contributed by atoms with E-state index in [9.17, 15) is 22.4 Å². The van der Waals surface area contributed by atoms with Crippen molar-refractivity contribution in [3.63, 3.8) is 0 Å². The zero-order valence-corrected chi connectivity index (χ0v) is 73.9. The van der Waals surface area contributed by atoms with Crippen LogP contribution in [0.3, 0.4) is 0 Å². The van der Waals surface area contributed by atoms with Gasteiger partial charge in [-0.05, 0) is 174 Å². The van der Waals surface area contributed by atoms with Crippen molar-refractivity contribution >= 4 is 117 Å². The van der Waals surface area contributed by atoms with Crippen molar-refractivity contribution in [1.29, 1.82) is 0 Å². The van der Waals surface area contributed by atoms with Crippen molar-refractivity contribution in [2.24, 2.45) is 0 Å². The minimum atomic E-state index is -2.96. The fourth-order valence-electron chi connectivity index (χ4n) is 12.5. The Morgan fingerprint density at radius 1 is 0.333 bits per heavy atom. The minimum Gasteiger partial charge on any atom is -0.369 e. The van der Waals surface area contributed by atoms with Crippen LogP contribution in [0.15, 0.2) is 345 Å². The van der Waals surface area contributed by atoms with Gasteiger partial charge < -0.3 is 25.8 Å². The second kappa shape index (κ2) is 50.8. The molecule has 0 saturated carbocycles. The van der Waals surface area contributed by atoms with Crippen LogP contribution in [0.25, 0.3) is 0 Å². The van der Waals surface area contributed by atoms with E-state index in [4.69, 9.17) is 0 Å². The number of ketones is 1. The van der Waals surface area contributed by atoms with Crippen molar-refractivity contribution in [3.05, 3.63) is 412 Å². The highest BCUT2D eigenvalue weighted by molar-refractivity contribution is 9.11. The summed E-state index contributed by atoms with van der Waals surface area (Å²) in [6, 6.07) is 103. The maximum absolute atomic E-state index is 14.4. The van der Waals surface area contributed by atoms with E-state index in [1.54, 1.807) is 60.7 Å². The third-order valence-electron chi connectivity index (χ3n) is 18.4. The van der Waals surface area contributed by atoms with Crippen LogP contribution in [0, 0.1) is 0 Å². The van der Waals surface area contributed by atoms with Crippen molar-refractivity contribution in [3.8, 4) is 0 Å². The Labute approximate surface area is 722 Å². The molecular weight excluding hydrogens is 1740 g/mol. The maximum Gasteiger partial charge on any atom is 0.298 e. The number of anilines is 2. The van der Waals surface area contributed by atoms with Crippen LogP contribution in [0.4, 0.5) is 28.9 Å². The molecule has 6 nitrogen and oxygen atoms in total. The van der Waals surface area contributed by atoms with Crippen LogP contribution in [0.2, 0.25) is 0 Å². The maximum atomic E-state index is 14.4. The molecule has 0 aliphatic carbocycles. The van der Waals surface area contributed by atoms with Gasteiger partial charge in [-0.2, -0.15) is 30.2 Å². The summed E-state index contributed by atoms with van der Waals surface area (Å²) in [5, 5.41) is 9.95. The highest BCUT2D eigenvalue weighted by Crippen LogP contribution is 2.52. The van der Waals surface area contributed by atoms with Gasteiger partial charge in [0.15, 0.2) is 5.78 Å². The quantitative estimate of drug-likeness (QED) is 0.0293. The molecule has 12 aromatic carbocycles. The molecule has 596 valence electrons. The van der Waals surface area contributed by atoms with Crippen LogP contribution < -0.4 is 25.8 Å². The Hall–Kier alpha value is -7.52. The minimum absolute atomic E-state index is 0.00176. The van der Waals surface area contributed by atoms with E-state index in [-0.39, 0.29) is 32.1 Å². The molecule has 0 radical (unpaired) electrons. The molecule has 0 bridgehead atoms. The van der Waals surface area contributed by atoms with Crippen LogP contribution in [0.1, 0.15) is 112 Å². The second-order valence-corrected chi connectivity index (χ2v) is 34.2. The van der Waals surface area contributed by atoms with Crippen molar-refractivity contribution in [2.75, 3.05) is 92.5 Å². The SMILES string of the molecule is Brc1ccc(Cc2ccccc2)cc1.C1CCNCC1.CCS.CCSC(SCC)(c1ccccc1)c1ccc(Br)cc1.FC(F)(c1ccccc1)c1ccc(Br)cc1.FC(F)(c1ccccc1)c1ccc(N2CCNCC2)cc1.O=C(c1ccccc1)c1ccc(Br)cc1.c1ccc(Cc2ccc(N3CCNCC3)cc2)cc1. The number of piperazine rings is 2. The summed E-state index contributed by atoms with van der Waals surface area (Å²) in [4.78, 5) is 16.6. The Morgan fingerprint density at radius 2 is 0.588 bits per heavy atom. The van der Waals surface area contributed by atoms with Gasteiger partial charge in [-0.3, -0.25) is 4.79 Å². The molecule has 0 spiro atoms. The van der Waals surface area contributed by atoms with Gasteiger partial charge in [0.1, 0.15) is 4.08 Å². The summed E-state index contributed by atoms with van der Waals surface area (Å²) in [5.74, 6) is -2.70. The Morgan fingerprint density at radius 3 is 0.930 bits per heavy atom. The monoisotopic (exact) mass is 1840 g/mol. The fourth-order valence-corrected chi connectivity index (χ4v) is 16.7. The first kappa shape index (κ1) is 92.0. The van der Waals surface area contributed by atoms with Crippen LogP contribution >= 0.6 is 99.9 Å². The fraction of sp³-hybridized carbons (Fsp3) is 0.247. The first-order valence-electron chi connectivity index (χ1n) is 38.8. The highest BCUT2D eigenvalue weighted by Gasteiger charge is 2.36. The van der Waals surface area contributed by atoms with E-state index >= 15 is 0 Å². The predicted octanol–water partition coefficient (Wildman–Crippen LogP) is 26.1. The van der Waals surface area contributed by atoms with Gasteiger partial charge in [-0.25, -0.2) is 0 Å². The lowest BCUT2D eigenvalue weighted by molar-refractivity contribution is 0.0423. The van der Waals surface area contributed by atoms with E-state index in [1.807, 2.05) is 91.1 Å². The normalized spacial score (nSPS) is 13.1. The third-order valence-corrected chi connectivity index (χ3v) is 23.6. The molecule has 114 heavy (non-hydrogen) atoms. The number of thioether (sulfide) groups is 2. The van der Waals surface area contributed by atoms with Gasteiger partial charge in [0.25, 0.3) is 11.8 Å².